The molecule has 0 amide bonds. The molecule has 1 unspecified atom stereocenters. The number of hydrogen-bond acceptors (Lipinski definition) is 0. The molecule has 1 aromatic carbocycles. The van der Waals surface area contributed by atoms with Crippen molar-refractivity contribution in [2.75, 3.05) is 0 Å². The van der Waals surface area contributed by atoms with Crippen molar-refractivity contribution in [3.63, 3.8) is 0 Å². The van der Waals surface area contributed by atoms with Gasteiger partial charge in [0, 0.05) is 0 Å². The van der Waals surface area contributed by atoms with Crippen LogP contribution in [-0.2, 0) is 29.7 Å². The average molecular weight is 368 g/mol. The van der Waals surface area contributed by atoms with Gasteiger partial charge in [0.05, 0.1) is 0 Å². The molecule has 1 aromatic rings. The molecular formula is C21H24Zr. The number of allylic oxidation sites excluding steroid dienone is 8. The Bertz CT molecular complexity index is 676. The molecule has 0 aliphatic heterocycles. The van der Waals surface area contributed by atoms with E-state index in [0.717, 1.165) is 6.42 Å². The zero-order valence-corrected chi connectivity index (χ0v) is 16.4. The topological polar surface area (TPSA) is 0 Å². The molecule has 0 bridgehead atoms. The molecule has 1 heteroatoms. The standard InChI is InChI=1S/C12H11.C9H13.Zr/c1-2-6-11(7-3-1)10-12-8-4-5-9-12;1-6-5-7(2)9(4)8(6)3;/h1-9H,10H2;5H,1-4H3;. The zero-order chi connectivity index (χ0) is 15.8. The molecule has 0 saturated carbocycles. The van der Waals surface area contributed by atoms with Gasteiger partial charge in [0.25, 0.3) is 0 Å². The first-order valence-corrected chi connectivity index (χ1v) is 10.5. The van der Waals surface area contributed by atoms with Gasteiger partial charge in [-0.15, -0.1) is 0 Å². The van der Waals surface area contributed by atoms with Gasteiger partial charge in [-0.25, -0.2) is 0 Å². The van der Waals surface area contributed by atoms with Gasteiger partial charge in [0.1, 0.15) is 0 Å². The van der Waals surface area contributed by atoms with Gasteiger partial charge in [-0.1, -0.05) is 0 Å². The molecule has 1 atom stereocenters. The van der Waals surface area contributed by atoms with Crippen molar-refractivity contribution in [2.24, 2.45) is 0 Å². The monoisotopic (exact) mass is 366 g/mol. The minimum atomic E-state index is -0.748. The predicted molar refractivity (Wildman–Crippen MR) is 91.6 cm³/mol. The molecule has 0 nitrogen and oxygen atoms in total. The van der Waals surface area contributed by atoms with Crippen molar-refractivity contribution in [1.29, 1.82) is 0 Å². The van der Waals surface area contributed by atoms with Gasteiger partial charge in [0.2, 0.25) is 0 Å². The van der Waals surface area contributed by atoms with Gasteiger partial charge in [0.15, 0.2) is 0 Å². The van der Waals surface area contributed by atoms with E-state index in [9.17, 15) is 0 Å². The van der Waals surface area contributed by atoms with Gasteiger partial charge in [-0.05, 0) is 0 Å². The average Bonchev–Trinajstić information content (AvgIpc) is 3.00. The summed E-state index contributed by atoms with van der Waals surface area (Å²) in [6.07, 6.45) is 13.2. The second kappa shape index (κ2) is 5.93. The summed E-state index contributed by atoms with van der Waals surface area (Å²) in [4.78, 5) is 0. The zero-order valence-electron chi connectivity index (χ0n) is 14.0. The Morgan fingerprint density at radius 3 is 2.14 bits per heavy atom. The van der Waals surface area contributed by atoms with Crippen LogP contribution in [0, 0.1) is 0 Å². The third kappa shape index (κ3) is 2.93. The molecule has 0 heterocycles. The van der Waals surface area contributed by atoms with E-state index in [1.807, 2.05) is 0 Å². The van der Waals surface area contributed by atoms with Gasteiger partial charge in [-0.2, -0.15) is 0 Å². The molecule has 2 aliphatic carbocycles. The second-order valence-corrected chi connectivity index (χ2v) is 12.3. The quantitative estimate of drug-likeness (QED) is 0.606. The van der Waals surface area contributed by atoms with Crippen molar-refractivity contribution in [2.45, 2.75) is 40.4 Å². The van der Waals surface area contributed by atoms with E-state index in [0.29, 0.717) is 6.25 Å². The van der Waals surface area contributed by atoms with Gasteiger partial charge in [-0.3, -0.25) is 0 Å². The van der Waals surface area contributed by atoms with E-state index < -0.39 is 23.2 Å². The molecule has 0 spiro atoms. The van der Waals surface area contributed by atoms with E-state index >= 15 is 0 Å². The first-order valence-electron chi connectivity index (χ1n) is 8.02. The molecule has 2 aliphatic rings. The van der Waals surface area contributed by atoms with Crippen LogP contribution in [0.25, 0.3) is 0 Å². The Morgan fingerprint density at radius 2 is 1.59 bits per heavy atom. The summed E-state index contributed by atoms with van der Waals surface area (Å²) >= 11 is -0.748. The van der Waals surface area contributed by atoms with Crippen LogP contribution in [0.5, 0.6) is 0 Å². The first kappa shape index (κ1) is 15.9. The van der Waals surface area contributed by atoms with Crippen LogP contribution in [0.15, 0.2) is 77.4 Å². The summed E-state index contributed by atoms with van der Waals surface area (Å²) in [5.74, 6) is 0. The number of rotatable bonds is 4. The Hall–Kier alpha value is -0.937. The Morgan fingerprint density at radius 1 is 0.955 bits per heavy atom. The number of benzene rings is 1. The maximum atomic E-state index is 2.55. The Balaban J connectivity index is 1.91. The Kier molecular flexibility index (Phi) is 4.30. The summed E-state index contributed by atoms with van der Waals surface area (Å²) in [5, 5.41) is 0. The van der Waals surface area contributed by atoms with Gasteiger partial charge < -0.3 is 0 Å². The van der Waals surface area contributed by atoms with Crippen LogP contribution in [0.2, 0.25) is 6.25 Å². The van der Waals surface area contributed by atoms with E-state index in [1.54, 1.807) is 5.57 Å². The summed E-state index contributed by atoms with van der Waals surface area (Å²) in [5.41, 5.74) is 6.07. The molecule has 112 valence electrons. The molecule has 0 aromatic heterocycles. The fourth-order valence-electron chi connectivity index (χ4n) is 3.64. The number of hydrogen-bond donors (Lipinski definition) is 0. The van der Waals surface area contributed by atoms with Gasteiger partial charge >= 0.3 is 147 Å². The van der Waals surface area contributed by atoms with Crippen LogP contribution in [0.4, 0.5) is 0 Å². The molecule has 22 heavy (non-hydrogen) atoms. The van der Waals surface area contributed by atoms with Crippen LogP contribution in [0.1, 0.15) is 33.3 Å². The molecule has 3 rings (SSSR count). The normalized spacial score (nSPS) is 25.7. The van der Waals surface area contributed by atoms with E-state index in [4.69, 9.17) is 0 Å². The predicted octanol–water partition coefficient (Wildman–Crippen LogP) is 6.07. The second-order valence-electron chi connectivity index (χ2n) is 6.83. The summed E-state index contributed by atoms with van der Waals surface area (Å²) in [7, 11) is 0. The van der Waals surface area contributed by atoms with Crippen molar-refractivity contribution < 1.29 is 23.2 Å². The molecular weight excluding hydrogens is 343 g/mol. The van der Waals surface area contributed by atoms with E-state index in [-0.39, 0.29) is 0 Å². The molecule has 0 N–H and O–H groups in total. The van der Waals surface area contributed by atoms with Crippen molar-refractivity contribution >= 4 is 0 Å². The summed E-state index contributed by atoms with van der Waals surface area (Å²) < 4.78 is 0.646. The fourth-order valence-corrected chi connectivity index (χ4v) is 9.25. The fraction of sp³-hybridized carbons (Fsp3) is 0.333. The molecule has 0 saturated heterocycles. The first-order chi connectivity index (χ1) is 10.4. The molecule has 0 fully saturated rings. The van der Waals surface area contributed by atoms with Crippen molar-refractivity contribution in [3.8, 4) is 0 Å². The maximum absolute atomic E-state index is 2.55. The third-order valence-electron chi connectivity index (χ3n) is 5.17. The van der Waals surface area contributed by atoms with Crippen LogP contribution >= 0.6 is 0 Å². The summed E-state index contributed by atoms with van der Waals surface area (Å²) in [6.45, 7) is 9.38. The molecule has 0 radical (unpaired) electrons. The van der Waals surface area contributed by atoms with Crippen molar-refractivity contribution in [1.82, 2.24) is 0 Å². The Labute approximate surface area is 146 Å². The van der Waals surface area contributed by atoms with Crippen molar-refractivity contribution in [3.05, 3.63) is 83.0 Å². The summed E-state index contributed by atoms with van der Waals surface area (Å²) in [6, 6.07) is 11.0. The minimum absolute atomic E-state index is 0.308. The van der Waals surface area contributed by atoms with Crippen LogP contribution in [-0.4, -0.2) is 0 Å². The van der Waals surface area contributed by atoms with Crippen LogP contribution in [0.3, 0.4) is 0 Å². The third-order valence-corrected chi connectivity index (χ3v) is 10.1. The van der Waals surface area contributed by atoms with Crippen LogP contribution < -0.4 is 0 Å². The SMILES string of the molecule is CC1=C[C](C)([Zr][C]2(Cc3ccccc3)C=CC=C2)C(C)=C1C. The van der Waals surface area contributed by atoms with E-state index in [1.165, 1.54) is 16.7 Å². The van der Waals surface area contributed by atoms with E-state index in [2.05, 4.69) is 88.4 Å².